The first kappa shape index (κ1) is 21.7. The zero-order valence-corrected chi connectivity index (χ0v) is 18.3. The van der Waals surface area contributed by atoms with E-state index in [1.54, 1.807) is 0 Å². The molecular formula is C25H27ClN2O2. The summed E-state index contributed by atoms with van der Waals surface area (Å²) in [5.41, 5.74) is 5.07. The molecule has 5 heteroatoms. The number of amides is 1. The first-order valence-electron chi connectivity index (χ1n) is 10.0. The molecule has 3 aromatic carbocycles. The third-order valence-electron chi connectivity index (χ3n) is 4.83. The maximum atomic E-state index is 11.8. The van der Waals surface area contributed by atoms with Gasteiger partial charge < -0.3 is 15.4 Å². The number of hydrogen-bond acceptors (Lipinski definition) is 3. The van der Waals surface area contributed by atoms with Gasteiger partial charge in [0, 0.05) is 34.4 Å². The fraction of sp³-hybridized carbons (Fsp3) is 0.240. The van der Waals surface area contributed by atoms with Gasteiger partial charge in [0.2, 0.25) is 5.91 Å². The van der Waals surface area contributed by atoms with Crippen LogP contribution in [0.5, 0.6) is 5.75 Å². The molecule has 0 radical (unpaired) electrons. The highest BCUT2D eigenvalue weighted by atomic mass is 35.5. The summed E-state index contributed by atoms with van der Waals surface area (Å²) in [5.74, 6) is 0.754. The van der Waals surface area contributed by atoms with Crippen molar-refractivity contribution in [2.75, 3.05) is 10.6 Å². The van der Waals surface area contributed by atoms with E-state index >= 15 is 0 Å². The number of aryl methyl sites for hydroxylation is 1. The van der Waals surface area contributed by atoms with E-state index in [1.165, 1.54) is 5.56 Å². The molecule has 0 saturated heterocycles. The van der Waals surface area contributed by atoms with Crippen molar-refractivity contribution < 1.29 is 9.53 Å². The molecule has 0 aliphatic rings. The van der Waals surface area contributed by atoms with Gasteiger partial charge >= 0.3 is 0 Å². The highest BCUT2D eigenvalue weighted by Gasteiger charge is 2.08. The number of halogens is 1. The average Bonchev–Trinajstić information content (AvgIpc) is 2.73. The van der Waals surface area contributed by atoms with Crippen LogP contribution in [0, 0.1) is 12.8 Å². The lowest BCUT2D eigenvalue weighted by Crippen LogP contribution is -2.17. The zero-order valence-electron chi connectivity index (χ0n) is 17.5. The van der Waals surface area contributed by atoms with Crippen LogP contribution in [0.4, 0.5) is 11.4 Å². The van der Waals surface area contributed by atoms with Gasteiger partial charge in [-0.1, -0.05) is 49.7 Å². The minimum Gasteiger partial charge on any atom is -0.489 e. The van der Waals surface area contributed by atoms with Gasteiger partial charge in [-0.3, -0.25) is 4.79 Å². The van der Waals surface area contributed by atoms with Crippen LogP contribution in [0.15, 0.2) is 66.7 Å². The van der Waals surface area contributed by atoms with Crippen LogP contribution < -0.4 is 15.4 Å². The Balaban J connectivity index is 1.64. The molecule has 0 aromatic heterocycles. The van der Waals surface area contributed by atoms with E-state index < -0.39 is 0 Å². The van der Waals surface area contributed by atoms with Crippen LogP contribution in [0.3, 0.4) is 0 Å². The summed E-state index contributed by atoms with van der Waals surface area (Å²) in [6.07, 6.45) is 0. The largest absolute Gasteiger partial charge is 0.489 e. The third kappa shape index (κ3) is 6.01. The van der Waals surface area contributed by atoms with Gasteiger partial charge in [-0.05, 0) is 60.5 Å². The van der Waals surface area contributed by atoms with Gasteiger partial charge in [-0.25, -0.2) is 0 Å². The second-order valence-electron chi connectivity index (χ2n) is 7.54. The number of carbonyl (C=O) groups excluding carboxylic acids is 1. The van der Waals surface area contributed by atoms with Crippen molar-refractivity contribution in [2.45, 2.75) is 33.9 Å². The monoisotopic (exact) mass is 422 g/mol. The molecule has 0 fully saturated rings. The minimum absolute atomic E-state index is 0.00470. The van der Waals surface area contributed by atoms with E-state index in [1.807, 2.05) is 68.4 Å². The molecule has 4 nitrogen and oxygen atoms in total. The van der Waals surface area contributed by atoms with E-state index in [4.69, 9.17) is 16.3 Å². The summed E-state index contributed by atoms with van der Waals surface area (Å²) in [5, 5.41) is 6.95. The van der Waals surface area contributed by atoms with Gasteiger partial charge in [0.15, 0.2) is 0 Å². The van der Waals surface area contributed by atoms with Gasteiger partial charge in [0.25, 0.3) is 0 Å². The normalized spacial score (nSPS) is 10.7. The standard InChI is InChI=1S/C25H27ClN2O2/c1-17(2)25(29)28-23-11-9-22(10-12-23)27-15-20-14-21(26)8-13-24(20)30-16-19-7-5-4-6-18(19)3/h4-14,17,27H,15-16H2,1-3H3,(H,28,29). The molecule has 1 amide bonds. The number of carbonyl (C=O) groups is 1. The lowest BCUT2D eigenvalue weighted by Gasteiger charge is -2.15. The Hall–Kier alpha value is -2.98. The van der Waals surface area contributed by atoms with Crippen molar-refractivity contribution in [3.05, 3.63) is 88.4 Å². The Morgan fingerprint density at radius 2 is 1.67 bits per heavy atom. The minimum atomic E-state index is -0.0521. The van der Waals surface area contributed by atoms with Gasteiger partial charge in [-0.15, -0.1) is 0 Å². The van der Waals surface area contributed by atoms with E-state index in [-0.39, 0.29) is 11.8 Å². The third-order valence-corrected chi connectivity index (χ3v) is 5.06. The van der Waals surface area contributed by atoms with Crippen LogP contribution in [0.25, 0.3) is 0 Å². The van der Waals surface area contributed by atoms with Crippen molar-refractivity contribution >= 4 is 28.9 Å². The average molecular weight is 423 g/mol. The molecule has 0 unspecified atom stereocenters. The number of benzene rings is 3. The maximum Gasteiger partial charge on any atom is 0.226 e. The molecule has 3 rings (SSSR count). The first-order chi connectivity index (χ1) is 14.4. The van der Waals surface area contributed by atoms with Crippen molar-refractivity contribution in [1.82, 2.24) is 0 Å². The van der Waals surface area contributed by atoms with E-state index in [9.17, 15) is 4.79 Å². The van der Waals surface area contributed by atoms with Gasteiger partial charge in [-0.2, -0.15) is 0 Å². The zero-order chi connectivity index (χ0) is 21.5. The number of anilines is 2. The van der Waals surface area contributed by atoms with Gasteiger partial charge in [0.05, 0.1) is 0 Å². The fourth-order valence-electron chi connectivity index (χ4n) is 2.91. The van der Waals surface area contributed by atoms with Crippen molar-refractivity contribution in [3.63, 3.8) is 0 Å². The summed E-state index contributed by atoms with van der Waals surface area (Å²) < 4.78 is 6.09. The predicted octanol–water partition coefficient (Wildman–Crippen LogP) is 6.43. The molecule has 2 N–H and O–H groups in total. The number of nitrogens with one attached hydrogen (secondary N) is 2. The van der Waals surface area contributed by atoms with Crippen molar-refractivity contribution in [3.8, 4) is 5.75 Å². The second kappa shape index (κ2) is 10.2. The Labute approximate surface area is 183 Å². The summed E-state index contributed by atoms with van der Waals surface area (Å²) >= 11 is 6.21. The lowest BCUT2D eigenvalue weighted by atomic mass is 10.1. The summed E-state index contributed by atoms with van der Waals surface area (Å²) in [7, 11) is 0. The highest BCUT2D eigenvalue weighted by molar-refractivity contribution is 6.30. The molecule has 0 bridgehead atoms. The van der Waals surface area contributed by atoms with E-state index in [0.29, 0.717) is 18.2 Å². The molecule has 0 atom stereocenters. The number of rotatable bonds is 8. The Morgan fingerprint density at radius 1 is 0.967 bits per heavy atom. The smallest absolute Gasteiger partial charge is 0.226 e. The topological polar surface area (TPSA) is 50.4 Å². The maximum absolute atomic E-state index is 11.8. The molecule has 156 valence electrons. The molecule has 0 spiro atoms. The van der Waals surface area contributed by atoms with E-state index in [2.05, 4.69) is 29.7 Å². The van der Waals surface area contributed by atoms with Crippen LogP contribution in [-0.2, 0) is 17.9 Å². The van der Waals surface area contributed by atoms with Crippen LogP contribution in [-0.4, -0.2) is 5.91 Å². The van der Waals surface area contributed by atoms with Crippen LogP contribution >= 0.6 is 11.6 Å². The SMILES string of the molecule is Cc1ccccc1COc1ccc(Cl)cc1CNc1ccc(NC(=O)C(C)C)cc1. The van der Waals surface area contributed by atoms with Crippen LogP contribution in [0.2, 0.25) is 5.02 Å². The van der Waals surface area contributed by atoms with Gasteiger partial charge in [0.1, 0.15) is 12.4 Å². The van der Waals surface area contributed by atoms with Crippen molar-refractivity contribution in [1.29, 1.82) is 0 Å². The Morgan fingerprint density at radius 3 is 2.37 bits per heavy atom. The summed E-state index contributed by atoms with van der Waals surface area (Å²) in [4.78, 5) is 11.8. The summed E-state index contributed by atoms with van der Waals surface area (Å²) in [6, 6.07) is 21.5. The molecule has 0 aliphatic carbocycles. The number of ether oxygens (including phenoxy) is 1. The fourth-order valence-corrected chi connectivity index (χ4v) is 3.10. The highest BCUT2D eigenvalue weighted by Crippen LogP contribution is 2.26. The Kier molecular flexibility index (Phi) is 7.36. The number of hydrogen-bond donors (Lipinski definition) is 2. The molecular weight excluding hydrogens is 396 g/mol. The van der Waals surface area contributed by atoms with Crippen LogP contribution in [0.1, 0.15) is 30.5 Å². The molecule has 0 heterocycles. The molecule has 0 saturated carbocycles. The lowest BCUT2D eigenvalue weighted by molar-refractivity contribution is -0.118. The quantitative estimate of drug-likeness (QED) is 0.439. The molecule has 0 aliphatic heterocycles. The second-order valence-corrected chi connectivity index (χ2v) is 7.98. The molecule has 3 aromatic rings. The van der Waals surface area contributed by atoms with E-state index in [0.717, 1.165) is 28.3 Å². The van der Waals surface area contributed by atoms with Crippen molar-refractivity contribution in [2.24, 2.45) is 5.92 Å². The Bertz CT molecular complexity index is 1000. The predicted molar refractivity (Wildman–Crippen MR) is 124 cm³/mol. The first-order valence-corrected chi connectivity index (χ1v) is 10.4. The molecule has 30 heavy (non-hydrogen) atoms. The summed E-state index contributed by atoms with van der Waals surface area (Å²) in [6.45, 7) is 6.90.